The van der Waals surface area contributed by atoms with E-state index >= 15 is 0 Å². The van der Waals surface area contributed by atoms with E-state index < -0.39 is 0 Å². The van der Waals surface area contributed by atoms with Crippen LogP contribution in [-0.4, -0.2) is 60.3 Å². The second kappa shape index (κ2) is 5.40. The maximum Gasteiger partial charge on any atom is 0.165 e. The van der Waals surface area contributed by atoms with Crippen molar-refractivity contribution in [2.45, 2.75) is 0 Å². The van der Waals surface area contributed by atoms with E-state index in [1.54, 1.807) is 23.4 Å². The van der Waals surface area contributed by atoms with Gasteiger partial charge in [0.25, 0.3) is 0 Å². The molecular weight excluding hydrogens is 318 g/mol. The number of anilines is 2. The summed E-state index contributed by atoms with van der Waals surface area (Å²) >= 11 is 0. The first-order valence-electron chi connectivity index (χ1n) is 8.22. The Kier molecular flexibility index (Phi) is 3.06. The highest BCUT2D eigenvalue weighted by Crippen LogP contribution is 2.23. The van der Waals surface area contributed by atoms with Gasteiger partial charge in [0.15, 0.2) is 22.6 Å². The van der Waals surface area contributed by atoms with Gasteiger partial charge in [-0.25, -0.2) is 24.5 Å². The molecule has 0 spiro atoms. The van der Waals surface area contributed by atoms with Gasteiger partial charge in [-0.1, -0.05) is 0 Å². The summed E-state index contributed by atoms with van der Waals surface area (Å²) in [4.78, 5) is 22.5. The van der Waals surface area contributed by atoms with Crippen LogP contribution in [0.2, 0.25) is 0 Å². The molecule has 5 heterocycles. The number of aromatic nitrogens is 7. The number of nitrogens with zero attached hydrogens (tertiary/aromatic N) is 9. The normalized spacial score (nSPS) is 15.4. The van der Waals surface area contributed by atoms with E-state index in [4.69, 9.17) is 0 Å². The third-order valence-corrected chi connectivity index (χ3v) is 4.62. The maximum absolute atomic E-state index is 4.68. The van der Waals surface area contributed by atoms with Crippen LogP contribution in [0.25, 0.3) is 16.8 Å². The number of fused-ring (bicyclic) bond motifs is 2. The first kappa shape index (κ1) is 14.1. The lowest BCUT2D eigenvalue weighted by atomic mass is 10.3. The molecule has 126 valence electrons. The van der Waals surface area contributed by atoms with Gasteiger partial charge < -0.3 is 14.4 Å². The summed E-state index contributed by atoms with van der Waals surface area (Å²) in [7, 11) is 1.95. The Balaban J connectivity index is 1.38. The minimum absolute atomic E-state index is 0.859. The Morgan fingerprint density at radius 3 is 2.68 bits per heavy atom. The fourth-order valence-corrected chi connectivity index (χ4v) is 3.29. The highest BCUT2D eigenvalue weighted by molar-refractivity contribution is 5.83. The molecule has 0 bridgehead atoms. The fraction of sp³-hybridized carbons (Fsp3) is 0.312. The summed E-state index contributed by atoms with van der Waals surface area (Å²) in [6, 6.07) is 3.93. The summed E-state index contributed by atoms with van der Waals surface area (Å²) in [6.07, 6.45) is 7.10. The summed E-state index contributed by atoms with van der Waals surface area (Å²) < 4.78 is 3.69. The zero-order chi connectivity index (χ0) is 16.8. The van der Waals surface area contributed by atoms with Gasteiger partial charge in [0.2, 0.25) is 0 Å². The van der Waals surface area contributed by atoms with Crippen LogP contribution in [0.15, 0.2) is 37.2 Å². The van der Waals surface area contributed by atoms with E-state index in [2.05, 4.69) is 34.8 Å². The molecule has 0 saturated carbocycles. The van der Waals surface area contributed by atoms with Gasteiger partial charge >= 0.3 is 0 Å². The average Bonchev–Trinajstić information content (AvgIpc) is 3.28. The van der Waals surface area contributed by atoms with Gasteiger partial charge in [0, 0.05) is 45.5 Å². The largest absolute Gasteiger partial charge is 0.353 e. The molecule has 5 rings (SSSR count). The van der Waals surface area contributed by atoms with Gasteiger partial charge in [-0.2, -0.15) is 5.10 Å². The molecule has 9 heteroatoms. The van der Waals surface area contributed by atoms with Crippen LogP contribution in [0.1, 0.15) is 0 Å². The quantitative estimate of drug-likeness (QED) is 0.534. The predicted molar refractivity (Wildman–Crippen MR) is 93.7 cm³/mol. The minimum atomic E-state index is 0.859. The second-order valence-electron chi connectivity index (χ2n) is 6.12. The van der Waals surface area contributed by atoms with Crippen molar-refractivity contribution in [1.29, 1.82) is 0 Å². The Bertz CT molecular complexity index is 1040. The molecule has 1 aliphatic heterocycles. The zero-order valence-electron chi connectivity index (χ0n) is 13.8. The minimum Gasteiger partial charge on any atom is -0.353 e. The van der Waals surface area contributed by atoms with Gasteiger partial charge in [-0.3, -0.25) is 0 Å². The van der Waals surface area contributed by atoms with E-state index in [1.807, 2.05) is 29.9 Å². The lowest BCUT2D eigenvalue weighted by Gasteiger charge is -2.36. The van der Waals surface area contributed by atoms with Crippen molar-refractivity contribution >= 4 is 28.4 Å². The molecule has 1 aliphatic rings. The first-order valence-corrected chi connectivity index (χ1v) is 8.22. The van der Waals surface area contributed by atoms with Gasteiger partial charge in [-0.05, 0) is 6.07 Å². The molecule has 0 amide bonds. The van der Waals surface area contributed by atoms with Gasteiger partial charge in [0.1, 0.15) is 12.1 Å². The van der Waals surface area contributed by atoms with Crippen LogP contribution in [0.5, 0.6) is 0 Å². The number of aryl methyl sites for hydroxylation is 1. The summed E-state index contributed by atoms with van der Waals surface area (Å²) in [5.74, 6) is 1.89. The van der Waals surface area contributed by atoms with Crippen molar-refractivity contribution in [1.82, 2.24) is 34.1 Å². The van der Waals surface area contributed by atoms with Crippen LogP contribution >= 0.6 is 0 Å². The molecule has 0 atom stereocenters. The standard InChI is InChI=1S/C16H17N9/c1-22-11-19-14-15(22)17-10-18-16(14)24-8-6-23(7-9-24)12-3-5-25-13(21-12)2-4-20-25/h2-5,10-11H,6-9H2,1H3. The highest BCUT2D eigenvalue weighted by Gasteiger charge is 2.22. The molecule has 0 unspecified atom stereocenters. The number of imidazole rings is 1. The highest BCUT2D eigenvalue weighted by atomic mass is 15.3. The molecule has 4 aromatic rings. The molecule has 25 heavy (non-hydrogen) atoms. The van der Waals surface area contributed by atoms with Crippen molar-refractivity contribution in [2.24, 2.45) is 7.05 Å². The van der Waals surface area contributed by atoms with Crippen LogP contribution in [0, 0.1) is 0 Å². The van der Waals surface area contributed by atoms with Crippen molar-refractivity contribution in [3.8, 4) is 0 Å². The van der Waals surface area contributed by atoms with E-state index in [1.165, 1.54) is 0 Å². The molecule has 1 saturated heterocycles. The summed E-state index contributed by atoms with van der Waals surface area (Å²) in [5, 5.41) is 4.19. The Labute approximate surface area is 143 Å². The molecule has 0 radical (unpaired) electrons. The Hall–Kier alpha value is -3.23. The lowest BCUT2D eigenvalue weighted by Crippen LogP contribution is -2.47. The third kappa shape index (κ3) is 2.27. The number of rotatable bonds is 2. The smallest absolute Gasteiger partial charge is 0.165 e. The SMILES string of the molecule is Cn1cnc2c(N3CCN(c4ccn5nccc5n4)CC3)ncnc21. The first-order chi connectivity index (χ1) is 12.3. The summed E-state index contributed by atoms with van der Waals surface area (Å²) in [6.45, 7) is 3.51. The van der Waals surface area contributed by atoms with Crippen molar-refractivity contribution < 1.29 is 0 Å². The van der Waals surface area contributed by atoms with Crippen LogP contribution in [0.3, 0.4) is 0 Å². The van der Waals surface area contributed by atoms with Crippen molar-refractivity contribution in [2.75, 3.05) is 36.0 Å². The van der Waals surface area contributed by atoms with Crippen molar-refractivity contribution in [3.63, 3.8) is 0 Å². The number of hydrogen-bond acceptors (Lipinski definition) is 7. The Morgan fingerprint density at radius 1 is 0.960 bits per heavy atom. The molecule has 9 nitrogen and oxygen atoms in total. The van der Waals surface area contributed by atoms with E-state index in [9.17, 15) is 0 Å². The molecule has 1 fully saturated rings. The third-order valence-electron chi connectivity index (χ3n) is 4.62. The molecular formula is C16H17N9. The number of piperazine rings is 1. The van der Waals surface area contributed by atoms with Crippen LogP contribution in [0.4, 0.5) is 11.6 Å². The molecule has 0 aliphatic carbocycles. The van der Waals surface area contributed by atoms with E-state index in [0.29, 0.717) is 0 Å². The van der Waals surface area contributed by atoms with Crippen molar-refractivity contribution in [3.05, 3.63) is 37.2 Å². The topological polar surface area (TPSA) is 80.3 Å². The Morgan fingerprint density at radius 2 is 1.80 bits per heavy atom. The summed E-state index contributed by atoms with van der Waals surface area (Å²) in [5.41, 5.74) is 2.59. The van der Waals surface area contributed by atoms with Crippen LogP contribution < -0.4 is 9.80 Å². The monoisotopic (exact) mass is 335 g/mol. The zero-order valence-corrected chi connectivity index (χ0v) is 13.8. The maximum atomic E-state index is 4.68. The van der Waals surface area contributed by atoms with Gasteiger partial charge in [0.05, 0.1) is 12.5 Å². The van der Waals surface area contributed by atoms with Crippen LogP contribution in [-0.2, 0) is 7.05 Å². The van der Waals surface area contributed by atoms with Gasteiger partial charge in [-0.15, -0.1) is 0 Å². The van der Waals surface area contributed by atoms with E-state index in [-0.39, 0.29) is 0 Å². The van der Waals surface area contributed by atoms with E-state index in [0.717, 1.165) is 54.6 Å². The molecule has 4 aromatic heterocycles. The fourth-order valence-electron chi connectivity index (χ4n) is 3.29. The molecule has 0 N–H and O–H groups in total. The molecule has 0 aromatic carbocycles. The number of hydrogen-bond donors (Lipinski definition) is 0. The predicted octanol–water partition coefficient (Wildman–Crippen LogP) is 0.733. The second-order valence-corrected chi connectivity index (χ2v) is 6.12. The lowest BCUT2D eigenvalue weighted by molar-refractivity contribution is 0.642. The average molecular weight is 335 g/mol.